The van der Waals surface area contributed by atoms with E-state index in [-0.39, 0.29) is 0 Å². The van der Waals surface area contributed by atoms with Crippen molar-refractivity contribution in [3.63, 3.8) is 0 Å². The smallest absolute Gasteiger partial charge is 0.0589 e. The van der Waals surface area contributed by atoms with Gasteiger partial charge in [-0.25, -0.2) is 0 Å². The van der Waals surface area contributed by atoms with Crippen LogP contribution in [0.4, 0.5) is 0 Å². The predicted molar refractivity (Wildman–Crippen MR) is 80.4 cm³/mol. The Morgan fingerprint density at radius 3 is 2.67 bits per heavy atom. The second kappa shape index (κ2) is 6.21. The van der Waals surface area contributed by atoms with Crippen LogP contribution in [0.2, 0.25) is 0 Å². The maximum absolute atomic E-state index is 5.71. The maximum atomic E-state index is 5.71. The summed E-state index contributed by atoms with van der Waals surface area (Å²) in [5, 5.41) is 0. The molecule has 0 amide bonds. The topological polar surface area (TPSA) is 9.23 Å². The van der Waals surface area contributed by atoms with E-state index in [0.717, 1.165) is 25.9 Å². The van der Waals surface area contributed by atoms with E-state index < -0.39 is 0 Å². The zero-order chi connectivity index (χ0) is 13.1. The first-order chi connectivity index (χ1) is 8.67. The molecule has 1 fully saturated rings. The maximum Gasteiger partial charge on any atom is 0.0589 e. The minimum absolute atomic E-state index is 0.365. The standard InChI is InChI=1S/C16H23BrO/c1-4-12-6-7-13(5-2)15(10-12)16(17)14-8-9-18-11(14)3/h6-7,10-11,14,16H,4-5,8-9H2,1-3H3. The van der Waals surface area contributed by atoms with E-state index in [2.05, 4.69) is 54.9 Å². The van der Waals surface area contributed by atoms with Crippen LogP contribution in [0, 0.1) is 5.92 Å². The molecule has 1 nitrogen and oxygen atoms in total. The fourth-order valence-electron chi connectivity index (χ4n) is 2.81. The highest BCUT2D eigenvalue weighted by Gasteiger charge is 2.32. The molecular weight excluding hydrogens is 288 g/mol. The van der Waals surface area contributed by atoms with Gasteiger partial charge in [0.2, 0.25) is 0 Å². The van der Waals surface area contributed by atoms with Crippen LogP contribution < -0.4 is 0 Å². The zero-order valence-corrected chi connectivity index (χ0v) is 13.2. The zero-order valence-electron chi connectivity index (χ0n) is 11.6. The predicted octanol–water partition coefficient (Wildman–Crippen LogP) is 4.67. The minimum Gasteiger partial charge on any atom is -0.378 e. The van der Waals surface area contributed by atoms with Crippen molar-refractivity contribution in [2.24, 2.45) is 5.92 Å². The van der Waals surface area contributed by atoms with Crippen LogP contribution in [-0.2, 0) is 17.6 Å². The number of hydrogen-bond acceptors (Lipinski definition) is 1. The van der Waals surface area contributed by atoms with Gasteiger partial charge in [-0.1, -0.05) is 48.0 Å². The number of hydrogen-bond donors (Lipinski definition) is 0. The van der Waals surface area contributed by atoms with Crippen molar-refractivity contribution in [3.8, 4) is 0 Å². The Morgan fingerprint density at radius 1 is 1.33 bits per heavy atom. The molecular formula is C16H23BrO. The lowest BCUT2D eigenvalue weighted by atomic mass is 9.89. The molecule has 0 N–H and O–H groups in total. The Labute approximate surface area is 119 Å². The van der Waals surface area contributed by atoms with Gasteiger partial charge in [0, 0.05) is 17.4 Å². The van der Waals surface area contributed by atoms with E-state index in [1.54, 1.807) is 0 Å². The molecule has 1 heterocycles. The normalized spacial score (nSPS) is 25.3. The molecule has 1 saturated heterocycles. The average molecular weight is 311 g/mol. The van der Waals surface area contributed by atoms with Crippen molar-refractivity contribution in [1.82, 2.24) is 0 Å². The van der Waals surface area contributed by atoms with Gasteiger partial charge in [0.05, 0.1) is 6.10 Å². The summed E-state index contributed by atoms with van der Waals surface area (Å²) in [6.07, 6.45) is 3.73. The van der Waals surface area contributed by atoms with Crippen molar-refractivity contribution in [1.29, 1.82) is 0 Å². The molecule has 1 aromatic rings. The van der Waals surface area contributed by atoms with Crippen LogP contribution in [0.15, 0.2) is 18.2 Å². The van der Waals surface area contributed by atoms with Crippen LogP contribution in [0.3, 0.4) is 0 Å². The summed E-state index contributed by atoms with van der Waals surface area (Å²) in [5.41, 5.74) is 4.37. The number of rotatable bonds is 4. The monoisotopic (exact) mass is 310 g/mol. The highest BCUT2D eigenvalue weighted by Crippen LogP contribution is 2.41. The lowest BCUT2D eigenvalue weighted by Gasteiger charge is -2.23. The average Bonchev–Trinajstić information content (AvgIpc) is 2.83. The van der Waals surface area contributed by atoms with E-state index >= 15 is 0 Å². The first-order valence-electron chi connectivity index (χ1n) is 7.04. The Bertz CT molecular complexity index is 402. The van der Waals surface area contributed by atoms with E-state index in [4.69, 9.17) is 4.74 Å². The lowest BCUT2D eigenvalue weighted by Crippen LogP contribution is -2.17. The molecule has 1 aromatic carbocycles. The van der Waals surface area contributed by atoms with Gasteiger partial charge in [0.25, 0.3) is 0 Å². The van der Waals surface area contributed by atoms with Crippen LogP contribution in [0.1, 0.15) is 48.7 Å². The summed E-state index contributed by atoms with van der Waals surface area (Å²) in [4.78, 5) is 0.427. The van der Waals surface area contributed by atoms with Crippen molar-refractivity contribution < 1.29 is 4.74 Å². The lowest BCUT2D eigenvalue weighted by molar-refractivity contribution is 0.105. The van der Waals surface area contributed by atoms with Gasteiger partial charge in [-0.2, -0.15) is 0 Å². The number of ether oxygens (including phenoxy) is 1. The van der Waals surface area contributed by atoms with Crippen molar-refractivity contribution in [2.75, 3.05) is 6.61 Å². The molecule has 3 unspecified atom stereocenters. The fourth-order valence-corrected chi connectivity index (χ4v) is 3.93. The van der Waals surface area contributed by atoms with Gasteiger partial charge in [0.1, 0.15) is 0 Å². The van der Waals surface area contributed by atoms with Gasteiger partial charge in [0.15, 0.2) is 0 Å². The number of benzene rings is 1. The van der Waals surface area contributed by atoms with E-state index in [0.29, 0.717) is 16.8 Å². The Morgan fingerprint density at radius 2 is 2.11 bits per heavy atom. The molecule has 0 spiro atoms. The third kappa shape index (κ3) is 2.80. The largest absolute Gasteiger partial charge is 0.378 e. The summed E-state index contributed by atoms with van der Waals surface area (Å²) in [6.45, 7) is 7.55. The summed E-state index contributed by atoms with van der Waals surface area (Å²) >= 11 is 3.93. The van der Waals surface area contributed by atoms with Crippen molar-refractivity contribution >= 4 is 15.9 Å². The van der Waals surface area contributed by atoms with Crippen LogP contribution in [0.5, 0.6) is 0 Å². The molecule has 3 atom stereocenters. The number of aryl methyl sites for hydroxylation is 2. The van der Waals surface area contributed by atoms with Gasteiger partial charge >= 0.3 is 0 Å². The van der Waals surface area contributed by atoms with Gasteiger partial charge < -0.3 is 4.74 Å². The molecule has 0 aromatic heterocycles. The Balaban J connectivity index is 2.29. The molecule has 1 aliphatic rings. The second-order valence-electron chi connectivity index (χ2n) is 5.17. The molecule has 0 saturated carbocycles. The van der Waals surface area contributed by atoms with E-state index in [1.807, 2.05) is 0 Å². The first-order valence-corrected chi connectivity index (χ1v) is 7.96. The second-order valence-corrected chi connectivity index (χ2v) is 6.16. The van der Waals surface area contributed by atoms with Gasteiger partial charge in [-0.05, 0) is 42.9 Å². The van der Waals surface area contributed by atoms with Crippen molar-refractivity contribution in [3.05, 3.63) is 34.9 Å². The molecule has 0 aliphatic carbocycles. The number of alkyl halides is 1. The summed E-state index contributed by atoms with van der Waals surface area (Å²) in [7, 11) is 0. The molecule has 0 bridgehead atoms. The summed E-state index contributed by atoms with van der Waals surface area (Å²) < 4.78 is 5.71. The van der Waals surface area contributed by atoms with Crippen LogP contribution >= 0.6 is 15.9 Å². The molecule has 0 radical (unpaired) electrons. The van der Waals surface area contributed by atoms with Gasteiger partial charge in [-0.3, -0.25) is 0 Å². The first kappa shape index (κ1) is 14.1. The Kier molecular flexibility index (Phi) is 4.85. The van der Waals surface area contributed by atoms with E-state index in [1.165, 1.54) is 16.7 Å². The van der Waals surface area contributed by atoms with Crippen LogP contribution in [-0.4, -0.2) is 12.7 Å². The third-order valence-electron chi connectivity index (χ3n) is 4.11. The SMILES string of the molecule is CCc1ccc(CC)c(C(Br)C2CCOC2C)c1. The summed E-state index contributed by atoms with van der Waals surface area (Å²) in [5.74, 6) is 0.599. The molecule has 100 valence electrons. The molecule has 2 rings (SSSR count). The summed E-state index contributed by atoms with van der Waals surface area (Å²) in [6, 6.07) is 6.93. The molecule has 18 heavy (non-hydrogen) atoms. The van der Waals surface area contributed by atoms with E-state index in [9.17, 15) is 0 Å². The third-order valence-corrected chi connectivity index (χ3v) is 5.28. The van der Waals surface area contributed by atoms with Gasteiger partial charge in [-0.15, -0.1) is 0 Å². The molecule has 2 heteroatoms. The minimum atomic E-state index is 0.365. The molecule has 1 aliphatic heterocycles. The Hall–Kier alpha value is -0.340. The van der Waals surface area contributed by atoms with Crippen LogP contribution in [0.25, 0.3) is 0 Å². The quantitative estimate of drug-likeness (QED) is 0.734. The fraction of sp³-hybridized carbons (Fsp3) is 0.625. The number of halogens is 1. The highest BCUT2D eigenvalue weighted by molar-refractivity contribution is 9.09. The highest BCUT2D eigenvalue weighted by atomic mass is 79.9. The van der Waals surface area contributed by atoms with Crippen molar-refractivity contribution in [2.45, 2.75) is 51.0 Å².